The number of carbonyl (C=O) groups is 3. The van der Waals surface area contributed by atoms with Crippen LogP contribution < -0.4 is 16.0 Å². The number of amides is 3. The molecule has 8 nitrogen and oxygen atoms in total. The molecule has 1 atom stereocenters. The van der Waals surface area contributed by atoms with Crippen LogP contribution in [0.5, 0.6) is 0 Å². The monoisotopic (exact) mass is 1060 g/mol. The van der Waals surface area contributed by atoms with Crippen molar-refractivity contribution in [3.63, 3.8) is 0 Å². The first kappa shape index (κ1) is 69.4. The van der Waals surface area contributed by atoms with Crippen LogP contribution in [0.1, 0.15) is 199 Å². The Kier molecular flexibility index (Phi) is 47.3. The molecule has 0 radical (unpaired) electrons. The maximum absolute atomic E-state index is 14.0. The van der Waals surface area contributed by atoms with Gasteiger partial charge in [0.25, 0.3) is 0 Å². The van der Waals surface area contributed by atoms with E-state index >= 15 is 0 Å². The van der Waals surface area contributed by atoms with Crippen LogP contribution in [0.4, 0.5) is 0 Å². The van der Waals surface area contributed by atoms with Gasteiger partial charge in [0.15, 0.2) is 0 Å². The van der Waals surface area contributed by atoms with Crippen LogP contribution in [-0.2, 0) is 27.2 Å². The number of unbranched alkanes of at least 4 members (excludes halogenated alkanes) is 6. The van der Waals surface area contributed by atoms with Crippen molar-refractivity contribution in [2.45, 2.75) is 212 Å². The van der Waals surface area contributed by atoms with E-state index in [1.165, 1.54) is 44.1 Å². The Labute approximate surface area is 469 Å². The number of nitrogens with one attached hydrogen (secondary N) is 3. The van der Waals surface area contributed by atoms with E-state index in [9.17, 15) is 24.6 Å². The van der Waals surface area contributed by atoms with Crippen LogP contribution in [-0.4, -0.2) is 59.3 Å². The van der Waals surface area contributed by atoms with E-state index in [1.807, 2.05) is 18.2 Å². The van der Waals surface area contributed by atoms with Crippen LogP contribution >= 0.6 is 0 Å². The molecular formula is C69H105N3O5. The number of benzene rings is 1. The Morgan fingerprint density at radius 1 is 0.455 bits per heavy atom. The predicted molar refractivity (Wildman–Crippen MR) is 331 cm³/mol. The third-order valence-electron chi connectivity index (χ3n) is 12.9. The maximum atomic E-state index is 14.0. The van der Waals surface area contributed by atoms with Crippen molar-refractivity contribution in [3.8, 4) is 0 Å². The average molecular weight is 1060 g/mol. The van der Waals surface area contributed by atoms with Crippen molar-refractivity contribution in [1.29, 1.82) is 0 Å². The van der Waals surface area contributed by atoms with Crippen LogP contribution in [0, 0.1) is 0 Å². The van der Waals surface area contributed by atoms with E-state index in [0.29, 0.717) is 57.9 Å². The van der Waals surface area contributed by atoms with E-state index in [1.54, 1.807) is 0 Å². The van der Waals surface area contributed by atoms with Gasteiger partial charge in [0, 0.05) is 19.4 Å². The zero-order chi connectivity index (χ0) is 55.8. The molecule has 8 heteroatoms. The number of allylic oxidation sites excluding steroid dienone is 24. The lowest BCUT2D eigenvalue weighted by molar-refractivity contribution is -0.131. The molecule has 3 amide bonds. The molecule has 0 fully saturated rings. The van der Waals surface area contributed by atoms with E-state index in [4.69, 9.17) is 0 Å². The summed E-state index contributed by atoms with van der Waals surface area (Å²) in [6, 6.07) is 7.63. The number of rotatable bonds is 48. The molecule has 0 saturated heterocycles. The lowest BCUT2D eigenvalue weighted by Gasteiger charge is -2.33. The number of hydrogen-bond donors (Lipinski definition) is 5. The van der Waals surface area contributed by atoms with Gasteiger partial charge in [-0.3, -0.25) is 14.4 Å². The highest BCUT2D eigenvalue weighted by atomic mass is 16.3. The Hall–Kier alpha value is -5.57. The molecule has 1 rings (SSSR count). The molecule has 0 saturated carbocycles. The molecule has 0 aliphatic carbocycles. The van der Waals surface area contributed by atoms with E-state index < -0.39 is 30.7 Å². The largest absolute Gasteiger partial charge is 0.394 e. The SMILES string of the molecule is CCC=CCC=CCC=CCC=CCC=CCC=CCCC(=O)NCCCC[C@H](NC(=O)CCC=CCC=CCC=CCC=CCC=CCC=CCC)C(=O)NC(CO)(CO)CCc1ccc(CCCCCCCC)cc1. The Balaban J connectivity index is 2.66. The second kappa shape index (κ2) is 52.5. The third kappa shape index (κ3) is 43.1. The molecule has 0 aliphatic rings. The zero-order valence-corrected chi connectivity index (χ0v) is 48.3. The van der Waals surface area contributed by atoms with E-state index in [2.05, 4.69) is 189 Å². The molecule has 1 aromatic carbocycles. The Morgan fingerprint density at radius 3 is 1.25 bits per heavy atom. The fraction of sp³-hybridized carbons (Fsp3) is 0.522. The molecule has 0 heterocycles. The van der Waals surface area contributed by atoms with Gasteiger partial charge in [-0.25, -0.2) is 0 Å². The van der Waals surface area contributed by atoms with E-state index in [0.717, 1.165) is 89.0 Å². The maximum Gasteiger partial charge on any atom is 0.243 e. The second-order valence-electron chi connectivity index (χ2n) is 19.8. The fourth-order valence-corrected chi connectivity index (χ4v) is 8.10. The number of carbonyl (C=O) groups excluding carboxylic acids is 3. The van der Waals surface area contributed by atoms with Gasteiger partial charge in [-0.15, -0.1) is 0 Å². The average Bonchev–Trinajstić information content (AvgIpc) is 3.44. The third-order valence-corrected chi connectivity index (χ3v) is 12.9. The summed E-state index contributed by atoms with van der Waals surface area (Å²) in [7, 11) is 0. The van der Waals surface area contributed by atoms with Gasteiger partial charge in [-0.05, 0) is 146 Å². The molecular weight excluding hydrogens is 951 g/mol. The van der Waals surface area contributed by atoms with Crippen LogP contribution in [0.3, 0.4) is 0 Å². The standard InChI is InChI=1S/C69H105N3O5/c1-4-7-10-13-16-18-20-22-24-26-28-30-32-34-36-38-40-43-46-52-66(75)70-60-49-48-51-65(71-67(76)53-47-44-41-39-37-35-33-31-29-27-25-23-21-19-17-14-11-8-5-2)68(77)72-69(61-73,62-74)59-58-64-56-54-63(55-57-64)50-45-42-15-12-9-6-3/h7-8,10-11,16-19,22-25,28-31,34-37,40-41,43-44,54-57,65,73-74H,4-6,9,12-15,20-21,26-27,32-33,38-39,42,45-53,58-62H2,1-3H3,(H,70,75)(H,71,76)(H,72,77)/t65-/m0/s1. The van der Waals surface area contributed by atoms with Crippen molar-refractivity contribution in [3.05, 3.63) is 181 Å². The van der Waals surface area contributed by atoms with Crippen molar-refractivity contribution in [2.24, 2.45) is 0 Å². The normalized spacial score (nSPS) is 13.3. The summed E-state index contributed by atoms with van der Waals surface area (Å²) in [6.07, 6.45) is 75.9. The van der Waals surface area contributed by atoms with Crippen molar-refractivity contribution >= 4 is 17.7 Å². The molecule has 0 bridgehead atoms. The molecule has 77 heavy (non-hydrogen) atoms. The number of aryl methyl sites for hydroxylation is 2. The topological polar surface area (TPSA) is 128 Å². The minimum absolute atomic E-state index is 0.0235. The second-order valence-corrected chi connectivity index (χ2v) is 19.8. The lowest BCUT2D eigenvalue weighted by atomic mass is 9.91. The summed E-state index contributed by atoms with van der Waals surface area (Å²) in [6.45, 7) is 6.10. The molecule has 0 aromatic heterocycles. The minimum Gasteiger partial charge on any atom is -0.394 e. The molecule has 0 aliphatic heterocycles. The molecule has 426 valence electrons. The first-order valence-electron chi connectivity index (χ1n) is 29.8. The summed E-state index contributed by atoms with van der Waals surface area (Å²) in [5.74, 6) is -0.707. The first-order chi connectivity index (χ1) is 37.8. The summed E-state index contributed by atoms with van der Waals surface area (Å²) in [4.78, 5) is 39.8. The molecule has 5 N–H and O–H groups in total. The van der Waals surface area contributed by atoms with Gasteiger partial charge in [-0.2, -0.15) is 0 Å². The first-order valence-corrected chi connectivity index (χ1v) is 29.8. The molecule has 0 spiro atoms. The number of hydrogen-bond acceptors (Lipinski definition) is 5. The Bertz CT molecular complexity index is 1990. The van der Waals surface area contributed by atoms with Gasteiger partial charge in [0.1, 0.15) is 6.04 Å². The smallest absolute Gasteiger partial charge is 0.243 e. The summed E-state index contributed by atoms with van der Waals surface area (Å²) < 4.78 is 0. The minimum atomic E-state index is -1.26. The highest BCUT2D eigenvalue weighted by Crippen LogP contribution is 2.18. The zero-order valence-electron chi connectivity index (χ0n) is 48.3. The van der Waals surface area contributed by atoms with Crippen molar-refractivity contribution < 1.29 is 24.6 Å². The van der Waals surface area contributed by atoms with Crippen molar-refractivity contribution in [1.82, 2.24) is 16.0 Å². The lowest BCUT2D eigenvalue weighted by Crippen LogP contribution is -2.59. The summed E-state index contributed by atoms with van der Waals surface area (Å²) in [5.41, 5.74) is 1.10. The summed E-state index contributed by atoms with van der Waals surface area (Å²) in [5, 5.41) is 30.0. The van der Waals surface area contributed by atoms with Crippen LogP contribution in [0.2, 0.25) is 0 Å². The van der Waals surface area contributed by atoms with E-state index in [-0.39, 0.29) is 18.2 Å². The van der Waals surface area contributed by atoms with Gasteiger partial charge in [-0.1, -0.05) is 223 Å². The number of aliphatic hydroxyl groups is 2. The van der Waals surface area contributed by atoms with Crippen LogP contribution in [0.25, 0.3) is 0 Å². The molecule has 0 unspecified atom stereocenters. The Morgan fingerprint density at radius 2 is 0.831 bits per heavy atom. The fourth-order valence-electron chi connectivity index (χ4n) is 8.10. The van der Waals surface area contributed by atoms with Gasteiger partial charge < -0.3 is 26.2 Å². The predicted octanol–water partition coefficient (Wildman–Crippen LogP) is 16.1. The highest BCUT2D eigenvalue weighted by molar-refractivity contribution is 5.88. The van der Waals surface area contributed by atoms with Gasteiger partial charge in [0.2, 0.25) is 17.7 Å². The van der Waals surface area contributed by atoms with Gasteiger partial charge >= 0.3 is 0 Å². The quantitative estimate of drug-likeness (QED) is 0.0328. The summed E-state index contributed by atoms with van der Waals surface area (Å²) >= 11 is 0. The van der Waals surface area contributed by atoms with Crippen LogP contribution in [0.15, 0.2) is 170 Å². The van der Waals surface area contributed by atoms with Crippen molar-refractivity contribution in [2.75, 3.05) is 19.8 Å². The van der Waals surface area contributed by atoms with Gasteiger partial charge in [0.05, 0.1) is 18.8 Å². The molecule has 1 aromatic rings. The highest BCUT2D eigenvalue weighted by Gasteiger charge is 2.33. The number of aliphatic hydroxyl groups excluding tert-OH is 2.